The second kappa shape index (κ2) is 5.38. The highest BCUT2D eigenvalue weighted by Crippen LogP contribution is 2.22. The summed E-state index contributed by atoms with van der Waals surface area (Å²) < 4.78 is 0. The predicted molar refractivity (Wildman–Crippen MR) is 92.1 cm³/mol. The van der Waals surface area contributed by atoms with Crippen LogP contribution in [-0.4, -0.2) is 23.1 Å². The van der Waals surface area contributed by atoms with E-state index in [0.29, 0.717) is 23.5 Å². The molecule has 7 nitrogen and oxygen atoms in total. The highest BCUT2D eigenvalue weighted by Gasteiger charge is 2.46. The molecule has 2 aromatic carbocycles. The standard InChI is InChI=1S/C17H16N6O/c18-13-9-5-4-8-12(13)15-19-16(24)17(23-21-15)10-14(20-22-17)11-6-2-1-3-7-11/h1-9,22-23H,10,18H2,(H,19,21,24)/t17-/m0/s1. The van der Waals surface area contributed by atoms with Crippen molar-refractivity contribution in [3.05, 3.63) is 65.7 Å². The molecule has 1 spiro atoms. The summed E-state index contributed by atoms with van der Waals surface area (Å²) in [6, 6.07) is 17.0. The molecule has 0 bridgehead atoms. The van der Waals surface area contributed by atoms with E-state index in [9.17, 15) is 4.79 Å². The SMILES string of the molecule is Nc1ccccc1C1=NN[C@@]2(CC(c3ccccc3)=NN2)C(=O)N1. The molecule has 0 saturated carbocycles. The summed E-state index contributed by atoms with van der Waals surface area (Å²) in [6.45, 7) is 0. The molecule has 120 valence electrons. The molecule has 24 heavy (non-hydrogen) atoms. The van der Waals surface area contributed by atoms with Gasteiger partial charge in [0.15, 0.2) is 5.84 Å². The Morgan fingerprint density at radius 3 is 2.42 bits per heavy atom. The van der Waals surface area contributed by atoms with Crippen molar-refractivity contribution in [3.8, 4) is 0 Å². The van der Waals surface area contributed by atoms with Gasteiger partial charge in [0, 0.05) is 17.7 Å². The molecule has 2 aromatic rings. The topological polar surface area (TPSA) is 104 Å². The van der Waals surface area contributed by atoms with Crippen LogP contribution in [0.1, 0.15) is 17.5 Å². The minimum atomic E-state index is -1.07. The van der Waals surface area contributed by atoms with Crippen LogP contribution in [-0.2, 0) is 4.79 Å². The number of carbonyl (C=O) groups is 1. The van der Waals surface area contributed by atoms with E-state index in [2.05, 4.69) is 26.4 Å². The molecule has 0 unspecified atom stereocenters. The van der Waals surface area contributed by atoms with E-state index in [0.717, 1.165) is 11.3 Å². The first kappa shape index (κ1) is 14.3. The number of carbonyl (C=O) groups excluding carboxylic acids is 1. The zero-order valence-electron chi connectivity index (χ0n) is 12.8. The van der Waals surface area contributed by atoms with Gasteiger partial charge in [0.2, 0.25) is 5.66 Å². The zero-order chi connectivity index (χ0) is 16.6. The van der Waals surface area contributed by atoms with Gasteiger partial charge in [-0.05, 0) is 17.7 Å². The normalized spacial score (nSPS) is 22.2. The second-order valence-corrected chi connectivity index (χ2v) is 5.73. The summed E-state index contributed by atoms with van der Waals surface area (Å²) in [5.41, 5.74) is 13.7. The first-order chi connectivity index (χ1) is 11.7. The Hall–Kier alpha value is -3.35. The number of amides is 1. The molecule has 0 fully saturated rings. The fourth-order valence-corrected chi connectivity index (χ4v) is 2.77. The average Bonchev–Trinajstić information content (AvgIpc) is 3.04. The van der Waals surface area contributed by atoms with Gasteiger partial charge in [0.1, 0.15) is 0 Å². The molecule has 0 saturated heterocycles. The lowest BCUT2D eigenvalue weighted by molar-refractivity contribution is -0.127. The predicted octanol–water partition coefficient (Wildman–Crippen LogP) is 0.744. The van der Waals surface area contributed by atoms with Crippen molar-refractivity contribution in [2.24, 2.45) is 10.2 Å². The van der Waals surface area contributed by atoms with Crippen LogP contribution in [0.4, 0.5) is 5.69 Å². The Bertz CT molecular complexity index is 860. The van der Waals surface area contributed by atoms with Crippen LogP contribution in [0.15, 0.2) is 64.8 Å². The maximum atomic E-state index is 12.7. The molecule has 2 aliphatic heterocycles. The summed E-state index contributed by atoms with van der Waals surface area (Å²) in [7, 11) is 0. The summed E-state index contributed by atoms with van der Waals surface area (Å²) in [5, 5.41) is 11.4. The number of hydrazone groups is 2. The maximum absolute atomic E-state index is 12.7. The lowest BCUT2D eigenvalue weighted by Crippen LogP contribution is -2.65. The van der Waals surface area contributed by atoms with Gasteiger partial charge in [0.25, 0.3) is 5.91 Å². The smallest absolute Gasteiger partial charge is 0.275 e. The van der Waals surface area contributed by atoms with Crippen LogP contribution >= 0.6 is 0 Å². The second-order valence-electron chi connectivity index (χ2n) is 5.73. The van der Waals surface area contributed by atoms with E-state index >= 15 is 0 Å². The molecule has 2 heterocycles. The number of anilines is 1. The van der Waals surface area contributed by atoms with Crippen LogP contribution in [0.5, 0.6) is 0 Å². The number of rotatable bonds is 2. The molecule has 1 atom stereocenters. The van der Waals surface area contributed by atoms with Gasteiger partial charge < -0.3 is 11.1 Å². The summed E-state index contributed by atoms with van der Waals surface area (Å²) in [4.78, 5) is 12.7. The van der Waals surface area contributed by atoms with Crippen molar-refractivity contribution in [1.29, 1.82) is 0 Å². The average molecular weight is 320 g/mol. The number of nitrogen functional groups attached to an aromatic ring is 1. The Kier molecular flexibility index (Phi) is 3.19. The molecule has 1 amide bonds. The van der Waals surface area contributed by atoms with Gasteiger partial charge in [-0.2, -0.15) is 10.2 Å². The Labute approximate surface area is 138 Å². The number of nitrogens with zero attached hydrogens (tertiary/aromatic N) is 2. The minimum Gasteiger partial charge on any atom is -0.398 e. The van der Waals surface area contributed by atoms with E-state index in [1.807, 2.05) is 48.5 Å². The molecule has 0 aromatic heterocycles. The first-order valence-corrected chi connectivity index (χ1v) is 7.58. The lowest BCUT2D eigenvalue weighted by atomic mass is 9.98. The van der Waals surface area contributed by atoms with Gasteiger partial charge >= 0.3 is 0 Å². The number of nitrogens with one attached hydrogen (secondary N) is 3. The van der Waals surface area contributed by atoms with Crippen LogP contribution in [0.2, 0.25) is 0 Å². The third-order valence-electron chi connectivity index (χ3n) is 4.12. The number of benzene rings is 2. The maximum Gasteiger partial charge on any atom is 0.275 e. The van der Waals surface area contributed by atoms with Gasteiger partial charge in [-0.15, -0.1) is 0 Å². The number of para-hydroxylation sites is 1. The van der Waals surface area contributed by atoms with Crippen LogP contribution in [0.25, 0.3) is 0 Å². The van der Waals surface area contributed by atoms with Crippen molar-refractivity contribution in [1.82, 2.24) is 16.2 Å². The Morgan fingerprint density at radius 2 is 1.67 bits per heavy atom. The third-order valence-corrected chi connectivity index (χ3v) is 4.12. The quantitative estimate of drug-likeness (QED) is 0.613. The summed E-state index contributed by atoms with van der Waals surface area (Å²) >= 11 is 0. The monoisotopic (exact) mass is 320 g/mol. The van der Waals surface area contributed by atoms with Crippen molar-refractivity contribution in [3.63, 3.8) is 0 Å². The number of nitrogens with two attached hydrogens (primary N) is 1. The van der Waals surface area contributed by atoms with Gasteiger partial charge in [0.05, 0.1) is 5.71 Å². The first-order valence-electron chi connectivity index (χ1n) is 7.58. The van der Waals surface area contributed by atoms with Gasteiger partial charge in [-0.25, -0.2) is 0 Å². The molecule has 4 rings (SSSR count). The van der Waals surface area contributed by atoms with E-state index in [4.69, 9.17) is 5.73 Å². The Morgan fingerprint density at radius 1 is 0.958 bits per heavy atom. The van der Waals surface area contributed by atoms with E-state index in [1.165, 1.54) is 0 Å². The lowest BCUT2D eigenvalue weighted by Gasteiger charge is -2.31. The van der Waals surface area contributed by atoms with Crippen molar-refractivity contribution in [2.45, 2.75) is 12.1 Å². The van der Waals surface area contributed by atoms with Gasteiger partial charge in [-0.1, -0.05) is 42.5 Å². The largest absolute Gasteiger partial charge is 0.398 e. The highest BCUT2D eigenvalue weighted by atomic mass is 16.2. The fourth-order valence-electron chi connectivity index (χ4n) is 2.77. The van der Waals surface area contributed by atoms with Crippen LogP contribution in [0.3, 0.4) is 0 Å². The summed E-state index contributed by atoms with van der Waals surface area (Å²) in [6.07, 6.45) is 0.393. The number of hydrogen-bond donors (Lipinski definition) is 4. The van der Waals surface area contributed by atoms with Crippen LogP contribution < -0.4 is 21.9 Å². The minimum absolute atomic E-state index is 0.245. The molecule has 5 N–H and O–H groups in total. The zero-order valence-corrected chi connectivity index (χ0v) is 12.8. The molecule has 2 aliphatic rings. The summed E-state index contributed by atoms with van der Waals surface area (Å²) in [5.74, 6) is 0.157. The van der Waals surface area contributed by atoms with Crippen molar-refractivity contribution < 1.29 is 4.79 Å². The van der Waals surface area contributed by atoms with Gasteiger partial charge in [-0.3, -0.25) is 15.6 Å². The van der Waals surface area contributed by atoms with Crippen molar-refractivity contribution in [2.75, 3.05) is 5.73 Å². The molecular formula is C17H16N6O. The highest BCUT2D eigenvalue weighted by molar-refractivity contribution is 6.15. The number of amidine groups is 1. The Balaban J connectivity index is 1.58. The molecular weight excluding hydrogens is 304 g/mol. The van der Waals surface area contributed by atoms with E-state index in [-0.39, 0.29) is 5.91 Å². The molecule has 0 radical (unpaired) electrons. The van der Waals surface area contributed by atoms with E-state index < -0.39 is 5.66 Å². The molecule has 0 aliphatic carbocycles. The molecule has 7 heteroatoms. The fraction of sp³-hybridized carbons (Fsp3) is 0.118. The number of hydrogen-bond acceptors (Lipinski definition) is 6. The van der Waals surface area contributed by atoms with Crippen LogP contribution in [0, 0.1) is 0 Å². The third kappa shape index (κ3) is 2.26. The van der Waals surface area contributed by atoms with E-state index in [1.54, 1.807) is 6.07 Å². The van der Waals surface area contributed by atoms with Crippen molar-refractivity contribution >= 4 is 23.1 Å².